The van der Waals surface area contributed by atoms with Gasteiger partial charge in [0.05, 0.1) is 16.7 Å². The third-order valence-electron chi connectivity index (χ3n) is 6.10. The quantitative estimate of drug-likeness (QED) is 0.714. The first-order valence-corrected chi connectivity index (χ1v) is 9.20. The van der Waals surface area contributed by atoms with Crippen molar-refractivity contribution < 1.29 is 14.7 Å². The summed E-state index contributed by atoms with van der Waals surface area (Å²) in [6.45, 7) is 10.1. The first-order valence-electron chi connectivity index (χ1n) is 9.20. The van der Waals surface area contributed by atoms with Gasteiger partial charge in [-0.2, -0.15) is 5.10 Å². The topological polar surface area (TPSA) is 96.3 Å². The molecule has 7 nitrogen and oxygen atoms in total. The van der Waals surface area contributed by atoms with Gasteiger partial charge in [0.25, 0.3) is 6.47 Å². The van der Waals surface area contributed by atoms with Crippen LogP contribution >= 0.6 is 0 Å². The molecule has 2 fully saturated rings. The maximum atomic E-state index is 12.8. The van der Waals surface area contributed by atoms with E-state index in [1.807, 2.05) is 25.6 Å². The molecule has 7 heteroatoms. The summed E-state index contributed by atoms with van der Waals surface area (Å²) in [5.41, 5.74) is 2.92. The number of rotatable bonds is 3. The minimum atomic E-state index is -0.495. The molecule has 1 saturated carbocycles. The highest BCUT2D eigenvalue weighted by atomic mass is 16.3. The van der Waals surface area contributed by atoms with E-state index < -0.39 is 5.54 Å². The zero-order valence-electron chi connectivity index (χ0n) is 16.5. The van der Waals surface area contributed by atoms with E-state index in [9.17, 15) is 4.79 Å². The largest absolute Gasteiger partial charge is 0.483 e. The summed E-state index contributed by atoms with van der Waals surface area (Å²) in [4.78, 5) is 21.2. The van der Waals surface area contributed by atoms with Crippen LogP contribution in [0.4, 0.5) is 0 Å². The predicted molar refractivity (Wildman–Crippen MR) is 103 cm³/mol. The van der Waals surface area contributed by atoms with Gasteiger partial charge < -0.3 is 15.7 Å². The maximum Gasteiger partial charge on any atom is 0.290 e. The fourth-order valence-corrected chi connectivity index (χ4v) is 4.67. The molecule has 0 radical (unpaired) electrons. The highest BCUT2D eigenvalue weighted by Crippen LogP contribution is 2.60. The van der Waals surface area contributed by atoms with Crippen molar-refractivity contribution in [3.05, 3.63) is 29.5 Å². The Bertz CT molecular complexity index is 889. The molecule has 1 aromatic heterocycles. The van der Waals surface area contributed by atoms with Gasteiger partial charge >= 0.3 is 0 Å². The van der Waals surface area contributed by atoms with Crippen LogP contribution < -0.4 is 10.6 Å². The average Bonchev–Trinajstić information content (AvgIpc) is 2.85. The summed E-state index contributed by atoms with van der Waals surface area (Å²) in [7, 11) is 1.97. The number of para-hydroxylation sites is 1. The normalized spacial score (nSPS) is 26.1. The molecule has 1 aliphatic heterocycles. The third kappa shape index (κ3) is 3.10. The number of hydrogen-bond donors (Lipinski definition) is 3. The predicted octanol–water partition coefficient (Wildman–Crippen LogP) is 1.79. The van der Waals surface area contributed by atoms with Crippen molar-refractivity contribution in [2.24, 2.45) is 24.3 Å². The van der Waals surface area contributed by atoms with E-state index in [1.165, 1.54) is 5.56 Å². The van der Waals surface area contributed by atoms with E-state index in [1.54, 1.807) is 0 Å². The summed E-state index contributed by atoms with van der Waals surface area (Å²) in [6.07, 6.45) is 0. The Balaban J connectivity index is 0.000000659. The second kappa shape index (κ2) is 6.64. The molecule has 27 heavy (non-hydrogen) atoms. The van der Waals surface area contributed by atoms with E-state index in [-0.39, 0.29) is 23.7 Å². The Labute approximate surface area is 159 Å². The van der Waals surface area contributed by atoms with Gasteiger partial charge in [-0.05, 0) is 44.2 Å². The second-order valence-corrected chi connectivity index (χ2v) is 8.38. The second-order valence-electron chi connectivity index (χ2n) is 8.38. The summed E-state index contributed by atoms with van der Waals surface area (Å²) in [5.74, 6) is 0.784. The number of fused-ring (bicyclic) bond motifs is 2. The molecule has 1 saturated heterocycles. The number of benzene rings is 1. The Morgan fingerprint density at radius 3 is 2.74 bits per heavy atom. The smallest absolute Gasteiger partial charge is 0.290 e. The van der Waals surface area contributed by atoms with Crippen molar-refractivity contribution in [3.63, 3.8) is 0 Å². The highest BCUT2D eigenvalue weighted by Gasteiger charge is 2.67. The van der Waals surface area contributed by atoms with Gasteiger partial charge in [-0.25, -0.2) is 0 Å². The van der Waals surface area contributed by atoms with Gasteiger partial charge in [0.2, 0.25) is 5.91 Å². The molecule has 1 aliphatic carbocycles. The maximum absolute atomic E-state index is 12.8. The molecular weight excluding hydrogens is 344 g/mol. The van der Waals surface area contributed by atoms with E-state index in [2.05, 4.69) is 42.7 Å². The molecule has 4 rings (SSSR count). The Morgan fingerprint density at radius 2 is 2.15 bits per heavy atom. The summed E-state index contributed by atoms with van der Waals surface area (Å²) >= 11 is 0. The lowest BCUT2D eigenvalue weighted by molar-refractivity contribution is -0.125. The van der Waals surface area contributed by atoms with Crippen LogP contribution in [0.15, 0.2) is 18.2 Å². The number of nitrogens with one attached hydrogen (secondary N) is 2. The van der Waals surface area contributed by atoms with Crippen molar-refractivity contribution in [2.45, 2.75) is 33.2 Å². The molecule has 3 atom stereocenters. The summed E-state index contributed by atoms with van der Waals surface area (Å²) < 4.78 is 1.92. The third-order valence-corrected chi connectivity index (χ3v) is 6.10. The van der Waals surface area contributed by atoms with Gasteiger partial charge in [0, 0.05) is 24.9 Å². The summed E-state index contributed by atoms with van der Waals surface area (Å²) in [5, 5.41) is 19.4. The van der Waals surface area contributed by atoms with Gasteiger partial charge in [-0.3, -0.25) is 14.3 Å². The number of hydrogen-bond acceptors (Lipinski definition) is 4. The molecule has 1 aromatic carbocycles. The first kappa shape index (κ1) is 19.4. The lowest BCUT2D eigenvalue weighted by atomic mass is 9.95. The highest BCUT2D eigenvalue weighted by molar-refractivity contribution is 5.88. The van der Waals surface area contributed by atoms with Crippen LogP contribution in [0.2, 0.25) is 0 Å². The molecule has 0 spiro atoms. The van der Waals surface area contributed by atoms with Gasteiger partial charge in [-0.15, -0.1) is 0 Å². The fraction of sp³-hybridized carbons (Fsp3) is 0.550. The minimum Gasteiger partial charge on any atom is -0.483 e. The minimum absolute atomic E-state index is 0.134. The van der Waals surface area contributed by atoms with E-state index in [0.717, 1.165) is 29.7 Å². The average molecular weight is 372 g/mol. The van der Waals surface area contributed by atoms with Crippen LogP contribution in [0.3, 0.4) is 0 Å². The molecule has 2 aromatic rings. The molecule has 0 bridgehead atoms. The van der Waals surface area contributed by atoms with Crippen LogP contribution in [-0.2, 0) is 22.2 Å². The van der Waals surface area contributed by atoms with Crippen molar-refractivity contribution in [3.8, 4) is 0 Å². The Hall–Kier alpha value is -2.41. The molecule has 2 heterocycles. The Morgan fingerprint density at radius 1 is 1.48 bits per heavy atom. The SMILES string of the molecule is Cc1cccc2c(C(C)(C)NC(=O)C3C4CNCC43C)nn(C)c12.O=CO. The van der Waals surface area contributed by atoms with Crippen LogP contribution in [0.5, 0.6) is 0 Å². The summed E-state index contributed by atoms with van der Waals surface area (Å²) in [6, 6.07) is 6.24. The van der Waals surface area contributed by atoms with Gasteiger partial charge in [0.15, 0.2) is 0 Å². The number of nitrogens with zero attached hydrogens (tertiary/aromatic N) is 2. The van der Waals surface area contributed by atoms with E-state index >= 15 is 0 Å². The number of carbonyl (C=O) groups excluding carboxylic acids is 1. The monoisotopic (exact) mass is 372 g/mol. The number of carbonyl (C=O) groups is 2. The van der Waals surface area contributed by atoms with Crippen LogP contribution in [-0.4, -0.2) is 40.4 Å². The van der Waals surface area contributed by atoms with Crippen molar-refractivity contribution in [1.29, 1.82) is 0 Å². The molecule has 3 unspecified atom stereocenters. The van der Waals surface area contributed by atoms with E-state index in [4.69, 9.17) is 15.0 Å². The molecule has 2 aliphatic rings. The molecule has 3 N–H and O–H groups in total. The fourth-order valence-electron chi connectivity index (χ4n) is 4.67. The zero-order chi connectivity index (χ0) is 20.0. The lowest BCUT2D eigenvalue weighted by Gasteiger charge is -2.26. The molecule has 1 amide bonds. The zero-order valence-corrected chi connectivity index (χ0v) is 16.5. The number of aryl methyl sites for hydroxylation is 2. The Kier molecular flexibility index (Phi) is 4.76. The lowest BCUT2D eigenvalue weighted by Crippen LogP contribution is -2.44. The number of piperidine rings is 1. The number of aromatic nitrogens is 2. The first-order chi connectivity index (χ1) is 12.7. The standard InChI is InChI=1S/C19H26N4O.CH2O2/c1-11-7-6-8-12-15(11)23(5)22-16(12)18(2,3)21-17(24)14-13-9-20-10-19(13,14)4;2-1-3/h6-8,13-14,20H,9-10H2,1-5H3,(H,21,24);1H,(H,2,3). The van der Waals surface area contributed by atoms with Crippen molar-refractivity contribution in [2.75, 3.05) is 13.1 Å². The van der Waals surface area contributed by atoms with E-state index in [0.29, 0.717) is 5.92 Å². The molecular formula is C20H28N4O3. The number of carboxylic acid groups (broad SMARTS) is 1. The van der Waals surface area contributed by atoms with Crippen molar-refractivity contribution in [1.82, 2.24) is 20.4 Å². The van der Waals surface area contributed by atoms with Crippen LogP contribution in [0, 0.1) is 24.2 Å². The van der Waals surface area contributed by atoms with Crippen LogP contribution in [0.25, 0.3) is 10.9 Å². The van der Waals surface area contributed by atoms with Crippen LogP contribution in [0.1, 0.15) is 32.0 Å². The van der Waals surface area contributed by atoms with Crippen molar-refractivity contribution >= 4 is 23.3 Å². The van der Waals surface area contributed by atoms with Gasteiger partial charge in [-0.1, -0.05) is 25.1 Å². The molecule has 146 valence electrons. The van der Waals surface area contributed by atoms with Gasteiger partial charge in [0.1, 0.15) is 0 Å². The number of amides is 1.